The Hall–Kier alpha value is -17.4. The highest BCUT2D eigenvalue weighted by Gasteiger charge is 2.46. The molecule has 8 aromatic heterocycles. The van der Waals surface area contributed by atoms with Gasteiger partial charge in [-0.25, -0.2) is 0 Å². The highest BCUT2D eigenvalue weighted by molar-refractivity contribution is 7.34. The lowest BCUT2D eigenvalue weighted by molar-refractivity contribution is 0.668. The third-order valence-electron chi connectivity index (χ3n) is 31.6. The molecule has 0 saturated carbocycles. The molecule has 0 fully saturated rings. The van der Waals surface area contributed by atoms with Gasteiger partial charge in [0.1, 0.15) is 22.3 Å². The summed E-state index contributed by atoms with van der Waals surface area (Å²) >= 11 is 7.74. The van der Waals surface area contributed by atoms with Gasteiger partial charge in [0.15, 0.2) is 16.1 Å². The van der Waals surface area contributed by atoms with E-state index in [1.807, 2.05) is 45.3 Å². The van der Waals surface area contributed by atoms with E-state index in [-0.39, 0.29) is 0 Å². The average Bonchev–Trinajstić information content (AvgIpc) is 1.50. The van der Waals surface area contributed by atoms with E-state index in [0.29, 0.717) is 0 Å². The Morgan fingerprint density at radius 3 is 1.02 bits per heavy atom. The molecule has 148 heavy (non-hydrogen) atoms. The number of aromatic nitrogens is 2. The van der Waals surface area contributed by atoms with Crippen molar-refractivity contribution >= 4 is 271 Å². The highest BCUT2D eigenvalue weighted by Crippen LogP contribution is 2.50. The molecule has 0 unspecified atom stereocenters. The van der Waals surface area contributed by atoms with Gasteiger partial charge in [-0.1, -0.05) is 388 Å². The van der Waals surface area contributed by atoms with Gasteiger partial charge in [-0.2, -0.15) is 0 Å². The number of nitrogens with zero attached hydrogens (tertiary/aromatic N) is 2. The summed E-state index contributed by atoms with van der Waals surface area (Å²) in [6, 6.07) is 193. The molecule has 23 aromatic carbocycles. The summed E-state index contributed by atoms with van der Waals surface area (Å²) < 4.78 is 28.5. The van der Waals surface area contributed by atoms with E-state index in [9.17, 15) is 0 Å². The van der Waals surface area contributed by atoms with Gasteiger partial charge in [-0.15, -0.1) is 45.3 Å². The largest absolute Gasteiger partial charge is 0.456 e. The zero-order chi connectivity index (χ0) is 97.0. The number of benzene rings is 23. The number of fused-ring (bicyclic) bond motifs is 24. The molecular weight excluding hydrogens is 1900 g/mol. The molecular formula is C138H84N2O2S4Si2. The third-order valence-corrected chi connectivity index (χ3v) is 46.4. The van der Waals surface area contributed by atoms with Crippen LogP contribution in [0.2, 0.25) is 0 Å². The normalized spacial score (nSPS) is 12.3. The molecule has 0 aliphatic carbocycles. The van der Waals surface area contributed by atoms with Gasteiger partial charge < -0.3 is 18.0 Å². The van der Waals surface area contributed by atoms with Crippen LogP contribution in [-0.4, -0.2) is 25.3 Å². The molecule has 0 aliphatic rings. The lowest BCUT2D eigenvalue weighted by atomic mass is 9.94. The maximum Gasteiger partial charge on any atom is 0.182 e. The highest BCUT2D eigenvalue weighted by atomic mass is 32.1. The maximum absolute atomic E-state index is 6.72. The molecule has 31 rings (SSSR count). The van der Waals surface area contributed by atoms with Crippen molar-refractivity contribution in [3.8, 4) is 78.1 Å². The summed E-state index contributed by atoms with van der Waals surface area (Å²) in [5.41, 5.74) is 24.6. The lowest BCUT2D eigenvalue weighted by Gasteiger charge is -2.35. The van der Waals surface area contributed by atoms with E-state index >= 15 is 0 Å². The number of hydrogen-bond acceptors (Lipinski definition) is 6. The quantitative estimate of drug-likeness (QED) is 0.0714. The number of thiophene rings is 4. The summed E-state index contributed by atoms with van der Waals surface area (Å²) in [5.74, 6) is 0. The second-order valence-corrected chi connectivity index (χ2v) is 51.1. The molecule has 0 radical (unpaired) electrons. The minimum absolute atomic E-state index is 0.852. The first-order chi connectivity index (χ1) is 73.3. The molecule has 690 valence electrons. The predicted molar refractivity (Wildman–Crippen MR) is 641 cm³/mol. The van der Waals surface area contributed by atoms with Gasteiger partial charge in [-0.05, 0) is 230 Å². The van der Waals surface area contributed by atoms with Crippen LogP contribution < -0.4 is 41.5 Å². The van der Waals surface area contributed by atoms with Gasteiger partial charge in [0, 0.05) is 135 Å². The van der Waals surface area contributed by atoms with Crippen molar-refractivity contribution in [2.24, 2.45) is 0 Å². The number of rotatable bonds is 16. The van der Waals surface area contributed by atoms with Crippen molar-refractivity contribution in [1.29, 1.82) is 0 Å². The minimum atomic E-state index is -3.26. The molecule has 0 N–H and O–H groups in total. The molecule has 0 saturated heterocycles. The van der Waals surface area contributed by atoms with E-state index in [0.717, 1.165) is 88.5 Å². The van der Waals surface area contributed by atoms with E-state index in [1.165, 1.54) is 199 Å². The second kappa shape index (κ2) is 33.6. The van der Waals surface area contributed by atoms with Gasteiger partial charge in [0.05, 0.1) is 22.1 Å². The molecule has 8 heterocycles. The standard InChI is InChI=1S/C138H84N2O2S4Si2/c1-5-33-96(34-6-1)147(97-35-7-2-8-36-97,100-41-24-31-91(76-100)103-48-26-49-111-108-46-16-21-55-128(108)143-135(103)111)101-42-25-32-92(77-101)104-69-68-102(134-114-47-17-22-56-129(114)144-138(104)134)93-60-67-110-113-51-28-58-133(137(113)146-131(110)82-93)148(98-37-9-3-10-38-98,99-39-11-4-12-40-99)132-57-27-50-112-109-66-59-90(81-130(109)145-136(112)132)87-61-70-123-115(78-87)107-45-15-20-54-122(107)140(123)95-65-74-127-119(84-95)117-80-89(63-72-125(117)142-127)86-30-23-29-85(75-86)88-62-71-124-116(79-88)118-83-94(64-73-126(118)141-124)139-120-52-18-13-43-105(120)106-44-14-19-53-121(106)139/h1-84H. The van der Waals surface area contributed by atoms with Crippen LogP contribution >= 0.6 is 45.3 Å². The molecule has 4 nitrogen and oxygen atoms in total. The summed E-state index contributed by atoms with van der Waals surface area (Å²) in [7, 11) is -6.34. The monoisotopic (exact) mass is 1980 g/mol. The van der Waals surface area contributed by atoms with E-state index in [2.05, 4.69) is 519 Å². The molecule has 10 heteroatoms. The Morgan fingerprint density at radius 2 is 0.486 bits per heavy atom. The van der Waals surface area contributed by atoms with E-state index < -0.39 is 16.1 Å². The predicted octanol–water partition coefficient (Wildman–Crippen LogP) is 33.9. The third kappa shape index (κ3) is 13.0. The number of para-hydroxylation sites is 3. The lowest BCUT2D eigenvalue weighted by Crippen LogP contribution is -2.74. The van der Waals surface area contributed by atoms with Gasteiger partial charge in [0.2, 0.25) is 0 Å². The fourth-order valence-corrected chi connectivity index (χ4v) is 40.8. The molecule has 31 aromatic rings. The maximum atomic E-state index is 6.72. The van der Waals surface area contributed by atoms with Crippen molar-refractivity contribution in [2.45, 2.75) is 0 Å². The van der Waals surface area contributed by atoms with Crippen LogP contribution in [0.5, 0.6) is 0 Å². The molecule has 0 amide bonds. The zero-order valence-corrected chi connectivity index (χ0v) is 85.1. The fourth-order valence-electron chi connectivity index (χ4n) is 25.0. The van der Waals surface area contributed by atoms with Crippen molar-refractivity contribution in [3.05, 3.63) is 510 Å². The van der Waals surface area contributed by atoms with Crippen molar-refractivity contribution in [2.75, 3.05) is 0 Å². The van der Waals surface area contributed by atoms with Gasteiger partial charge >= 0.3 is 0 Å². The Balaban J connectivity index is 0.489. The minimum Gasteiger partial charge on any atom is -0.456 e. The summed E-state index contributed by atoms with van der Waals surface area (Å²) in [4.78, 5) is 0. The van der Waals surface area contributed by atoms with E-state index in [4.69, 9.17) is 8.83 Å². The molecule has 0 bridgehead atoms. The van der Waals surface area contributed by atoms with Crippen LogP contribution in [0, 0.1) is 0 Å². The Kier molecular flexibility index (Phi) is 19.3. The van der Waals surface area contributed by atoms with Crippen molar-refractivity contribution < 1.29 is 8.83 Å². The first kappa shape index (κ1) is 85.0. The molecule has 0 aliphatic heterocycles. The topological polar surface area (TPSA) is 36.1 Å². The SMILES string of the molecule is c1ccc([Si](c2ccccc2)(c2cccc(-c3cccc4c3sc3ccccc34)c2)c2cccc(-c3ccc(-c4ccc5c(c4)sc4c([Si](c6ccccc6)(c6ccccc6)c6cccc7c6sc6cc(-c8ccc9c(c8)c8ccccc8n9-c8ccc9oc%10ccc(-c%11cccc(-c%12ccc%13oc%14ccc(-n%15c%16ccccc%16c%16ccccc%16%15)cc%14c%13c%12)c%11)cc%10c9c8)ccc67)cccc45)c4c3sc3ccccc34)c2)cc1. The summed E-state index contributed by atoms with van der Waals surface area (Å²) in [6.45, 7) is 0. The number of furan rings is 2. The first-order valence-electron chi connectivity index (χ1n) is 50.6. The number of hydrogen-bond donors (Lipinski definition) is 0. The summed E-state index contributed by atoms with van der Waals surface area (Å²) in [5, 5.41) is 30.4. The van der Waals surface area contributed by atoms with Crippen molar-refractivity contribution in [3.63, 3.8) is 0 Å². The smallest absolute Gasteiger partial charge is 0.182 e. The van der Waals surface area contributed by atoms with Crippen LogP contribution in [0.15, 0.2) is 518 Å². The van der Waals surface area contributed by atoms with Crippen LogP contribution in [-0.2, 0) is 0 Å². The van der Waals surface area contributed by atoms with Gasteiger partial charge in [0.25, 0.3) is 0 Å². The summed E-state index contributed by atoms with van der Waals surface area (Å²) in [6.07, 6.45) is 0. The fraction of sp³-hybridized carbons (Fsp3) is 0. The van der Waals surface area contributed by atoms with Crippen LogP contribution in [0.25, 0.3) is 246 Å². The average molecular weight is 1990 g/mol. The van der Waals surface area contributed by atoms with Crippen LogP contribution in [0.3, 0.4) is 0 Å². The van der Waals surface area contributed by atoms with Crippen LogP contribution in [0.1, 0.15) is 0 Å². The van der Waals surface area contributed by atoms with Gasteiger partial charge in [-0.3, -0.25) is 0 Å². The first-order valence-corrected chi connectivity index (χ1v) is 57.9. The van der Waals surface area contributed by atoms with Crippen LogP contribution in [0.4, 0.5) is 0 Å². The van der Waals surface area contributed by atoms with Crippen molar-refractivity contribution in [1.82, 2.24) is 9.13 Å². The Labute approximate surface area is 869 Å². The van der Waals surface area contributed by atoms with E-state index in [1.54, 1.807) is 0 Å². The zero-order valence-electron chi connectivity index (χ0n) is 79.8. The molecule has 0 atom stereocenters. The Bertz CT molecular complexity index is 10800. The molecule has 0 spiro atoms. The Morgan fingerprint density at radius 1 is 0.162 bits per heavy atom. The second-order valence-electron chi connectivity index (χ2n) is 39.4.